The SMILES string of the molecule is CCCNC(=O)CN1CCN(CCn2c(CCc3ccc(OCCCN(C)C)cc3)nc3cc(-c4c(C)noc4C)ccc32)CC1. The standard InChI is InChI=1S/C36H51N7O3/c1-6-16-37-35(44)26-42-20-18-41(19-21-42)22-23-43-33-14-11-30(36-27(2)39-46-28(36)3)25-32(33)38-34(43)15-10-29-8-12-31(13-9-29)45-24-7-17-40(4)5/h8-9,11-14,25H,6-7,10,15-24,26H2,1-5H3,(H,37,44). The van der Waals surface area contributed by atoms with Crippen LogP contribution >= 0.6 is 0 Å². The Labute approximate surface area is 273 Å². The molecule has 10 heteroatoms. The van der Waals surface area contributed by atoms with E-state index >= 15 is 0 Å². The maximum Gasteiger partial charge on any atom is 0.234 e. The molecule has 1 N–H and O–H groups in total. The molecule has 4 aromatic rings. The Morgan fingerprint density at radius 2 is 1.76 bits per heavy atom. The summed E-state index contributed by atoms with van der Waals surface area (Å²) in [6.07, 6.45) is 3.72. The van der Waals surface area contributed by atoms with Crippen molar-refractivity contribution in [2.24, 2.45) is 0 Å². The molecule has 5 rings (SSSR count). The number of aromatic nitrogens is 3. The summed E-state index contributed by atoms with van der Waals surface area (Å²) in [6.45, 7) is 14.6. The minimum absolute atomic E-state index is 0.128. The van der Waals surface area contributed by atoms with E-state index in [0.29, 0.717) is 6.54 Å². The second-order valence-electron chi connectivity index (χ2n) is 12.7. The lowest BCUT2D eigenvalue weighted by atomic mass is 10.0. The highest BCUT2D eigenvalue weighted by Gasteiger charge is 2.20. The first-order valence-electron chi connectivity index (χ1n) is 16.8. The zero-order valence-electron chi connectivity index (χ0n) is 28.3. The number of amides is 1. The average molecular weight is 630 g/mol. The van der Waals surface area contributed by atoms with Gasteiger partial charge >= 0.3 is 0 Å². The highest BCUT2D eigenvalue weighted by Crippen LogP contribution is 2.30. The fourth-order valence-electron chi connectivity index (χ4n) is 6.19. The number of hydrogen-bond donors (Lipinski definition) is 1. The second-order valence-corrected chi connectivity index (χ2v) is 12.7. The van der Waals surface area contributed by atoms with Crippen LogP contribution < -0.4 is 10.1 Å². The van der Waals surface area contributed by atoms with Gasteiger partial charge in [-0.2, -0.15) is 0 Å². The van der Waals surface area contributed by atoms with Gasteiger partial charge in [0, 0.05) is 64.3 Å². The highest BCUT2D eigenvalue weighted by atomic mass is 16.5. The van der Waals surface area contributed by atoms with Gasteiger partial charge in [0.15, 0.2) is 0 Å². The van der Waals surface area contributed by atoms with E-state index in [0.717, 1.165) is 130 Å². The molecule has 0 radical (unpaired) electrons. The maximum absolute atomic E-state index is 12.2. The summed E-state index contributed by atoms with van der Waals surface area (Å²) in [4.78, 5) is 24.3. The molecule has 3 heterocycles. The lowest BCUT2D eigenvalue weighted by Gasteiger charge is -2.34. The molecular weight excluding hydrogens is 578 g/mol. The molecule has 248 valence electrons. The molecule has 2 aromatic heterocycles. The first-order valence-corrected chi connectivity index (χ1v) is 16.8. The first kappa shape index (κ1) is 33.6. The Hall–Kier alpha value is -3.73. The molecule has 2 aromatic carbocycles. The number of ether oxygens (including phenoxy) is 1. The lowest BCUT2D eigenvalue weighted by molar-refractivity contribution is -0.122. The molecule has 1 aliphatic heterocycles. The van der Waals surface area contributed by atoms with Crippen molar-refractivity contribution in [3.63, 3.8) is 0 Å². The van der Waals surface area contributed by atoms with Gasteiger partial charge in [-0.25, -0.2) is 4.98 Å². The molecule has 0 aliphatic carbocycles. The van der Waals surface area contributed by atoms with Crippen LogP contribution in [-0.2, 0) is 24.2 Å². The number of fused-ring (bicyclic) bond motifs is 1. The predicted octanol–water partition coefficient (Wildman–Crippen LogP) is 4.57. The lowest BCUT2D eigenvalue weighted by Crippen LogP contribution is -2.50. The molecule has 1 saturated heterocycles. The summed E-state index contributed by atoms with van der Waals surface area (Å²) in [5.74, 6) is 2.97. The quantitative estimate of drug-likeness (QED) is 0.180. The zero-order chi connectivity index (χ0) is 32.5. The molecule has 0 spiro atoms. The number of nitrogens with zero attached hydrogens (tertiary/aromatic N) is 6. The number of carbonyl (C=O) groups is 1. The third-order valence-corrected chi connectivity index (χ3v) is 8.77. The molecule has 46 heavy (non-hydrogen) atoms. The van der Waals surface area contributed by atoms with Gasteiger partial charge in [0.2, 0.25) is 5.91 Å². The topological polar surface area (TPSA) is 91.9 Å². The first-order chi connectivity index (χ1) is 22.3. The Balaban J connectivity index is 1.26. The number of aryl methyl sites for hydroxylation is 4. The van der Waals surface area contributed by atoms with E-state index in [9.17, 15) is 4.79 Å². The third kappa shape index (κ3) is 8.96. The number of hydrogen-bond acceptors (Lipinski definition) is 8. The van der Waals surface area contributed by atoms with Crippen molar-refractivity contribution in [1.29, 1.82) is 0 Å². The second kappa shape index (κ2) is 16.2. The molecule has 0 atom stereocenters. The summed E-state index contributed by atoms with van der Waals surface area (Å²) < 4.78 is 13.8. The minimum Gasteiger partial charge on any atom is -0.494 e. The summed E-state index contributed by atoms with van der Waals surface area (Å²) in [7, 11) is 4.17. The number of rotatable bonds is 16. The van der Waals surface area contributed by atoms with Crippen LogP contribution in [0, 0.1) is 13.8 Å². The van der Waals surface area contributed by atoms with Crippen LogP contribution in [0.4, 0.5) is 0 Å². The van der Waals surface area contributed by atoms with Gasteiger partial charge in [0.25, 0.3) is 0 Å². The highest BCUT2D eigenvalue weighted by molar-refractivity contribution is 5.83. The molecule has 1 fully saturated rings. The van der Waals surface area contributed by atoms with Crippen molar-refractivity contribution in [1.82, 2.24) is 34.7 Å². The maximum atomic E-state index is 12.2. The molecule has 1 aliphatic rings. The Morgan fingerprint density at radius 1 is 1.00 bits per heavy atom. The zero-order valence-corrected chi connectivity index (χ0v) is 28.3. The third-order valence-electron chi connectivity index (χ3n) is 8.77. The monoisotopic (exact) mass is 629 g/mol. The molecular formula is C36H51N7O3. The molecule has 1 amide bonds. The Morgan fingerprint density at radius 3 is 2.46 bits per heavy atom. The summed E-state index contributed by atoms with van der Waals surface area (Å²) >= 11 is 0. The summed E-state index contributed by atoms with van der Waals surface area (Å²) in [6, 6.07) is 15.0. The number of piperazine rings is 1. The smallest absolute Gasteiger partial charge is 0.234 e. The van der Waals surface area contributed by atoms with Crippen molar-refractivity contribution in [2.75, 3.05) is 73.1 Å². The van der Waals surface area contributed by atoms with E-state index in [1.54, 1.807) is 0 Å². The van der Waals surface area contributed by atoms with E-state index in [2.05, 4.69) is 93.2 Å². The van der Waals surface area contributed by atoms with Crippen LogP contribution in [-0.4, -0.2) is 108 Å². The van der Waals surface area contributed by atoms with Gasteiger partial charge in [-0.15, -0.1) is 0 Å². The largest absolute Gasteiger partial charge is 0.494 e. The van der Waals surface area contributed by atoms with Crippen molar-refractivity contribution < 1.29 is 14.1 Å². The van der Waals surface area contributed by atoms with E-state index in [4.69, 9.17) is 14.2 Å². The summed E-state index contributed by atoms with van der Waals surface area (Å²) in [5, 5.41) is 7.16. The molecule has 10 nitrogen and oxygen atoms in total. The van der Waals surface area contributed by atoms with Gasteiger partial charge < -0.3 is 24.0 Å². The van der Waals surface area contributed by atoms with Gasteiger partial charge in [0.05, 0.1) is 29.9 Å². The number of benzene rings is 2. The fourth-order valence-corrected chi connectivity index (χ4v) is 6.19. The van der Waals surface area contributed by atoms with Crippen LogP contribution in [0.25, 0.3) is 22.2 Å². The van der Waals surface area contributed by atoms with Crippen LogP contribution in [0.1, 0.15) is 42.6 Å². The summed E-state index contributed by atoms with van der Waals surface area (Å²) in [5.41, 5.74) is 6.44. The number of carbonyl (C=O) groups excluding carboxylic acids is 1. The minimum atomic E-state index is 0.128. The van der Waals surface area contributed by atoms with Gasteiger partial charge in [-0.1, -0.05) is 30.3 Å². The van der Waals surface area contributed by atoms with Crippen LogP contribution in [0.2, 0.25) is 0 Å². The van der Waals surface area contributed by atoms with Crippen LogP contribution in [0.15, 0.2) is 47.0 Å². The number of nitrogens with one attached hydrogen (secondary N) is 1. The average Bonchev–Trinajstić information content (AvgIpc) is 3.58. The van der Waals surface area contributed by atoms with Crippen molar-refractivity contribution >= 4 is 16.9 Å². The molecule has 0 unspecified atom stereocenters. The molecule has 0 bridgehead atoms. The van der Waals surface area contributed by atoms with E-state index in [1.807, 2.05) is 13.8 Å². The van der Waals surface area contributed by atoms with Gasteiger partial charge in [0.1, 0.15) is 17.3 Å². The Kier molecular flexibility index (Phi) is 11.8. The molecule has 0 saturated carbocycles. The van der Waals surface area contributed by atoms with Crippen molar-refractivity contribution in [3.05, 3.63) is 65.3 Å². The van der Waals surface area contributed by atoms with Gasteiger partial charge in [-0.05, 0) is 82.6 Å². The van der Waals surface area contributed by atoms with Crippen molar-refractivity contribution in [3.8, 4) is 16.9 Å². The predicted molar refractivity (Wildman–Crippen MR) is 183 cm³/mol. The van der Waals surface area contributed by atoms with E-state index < -0.39 is 0 Å². The van der Waals surface area contributed by atoms with Crippen molar-refractivity contribution in [2.45, 2.75) is 53.0 Å². The van der Waals surface area contributed by atoms with Crippen LogP contribution in [0.3, 0.4) is 0 Å². The van der Waals surface area contributed by atoms with E-state index in [-0.39, 0.29) is 5.91 Å². The fraction of sp³-hybridized carbons (Fsp3) is 0.528. The van der Waals surface area contributed by atoms with Gasteiger partial charge in [-0.3, -0.25) is 14.6 Å². The Bertz CT molecular complexity index is 1530. The normalized spacial score (nSPS) is 14.4. The number of imidazole rings is 1. The van der Waals surface area contributed by atoms with E-state index in [1.165, 1.54) is 5.56 Å². The van der Waals surface area contributed by atoms with Crippen LogP contribution in [0.5, 0.6) is 5.75 Å².